The summed E-state index contributed by atoms with van der Waals surface area (Å²) in [6, 6.07) is 0. The van der Waals surface area contributed by atoms with E-state index in [1.165, 1.54) is 0 Å². The number of ether oxygens (including phenoxy) is 1. The molecule has 0 atom stereocenters. The summed E-state index contributed by atoms with van der Waals surface area (Å²) in [5.41, 5.74) is 26.3. The maximum Gasteiger partial charge on any atom is 0.169 e. The van der Waals surface area contributed by atoms with Crippen LogP contribution in [0.2, 0.25) is 0 Å². The molecule has 0 fully saturated rings. The van der Waals surface area contributed by atoms with Crippen LogP contribution >= 0.6 is 0 Å². The van der Waals surface area contributed by atoms with Crippen LogP contribution in [0.15, 0.2) is 0 Å². The minimum Gasteiger partial charge on any atom is -0.487 e. The molecule has 5 heteroatoms. The van der Waals surface area contributed by atoms with E-state index in [9.17, 15) is 0 Å². The highest BCUT2D eigenvalue weighted by atomic mass is 16.5. The SMILES string of the molecule is CC(C)Oc1c(N)c(N)c(C(C)(C)C)c(N)c1N. The first kappa shape index (κ1) is 14.3. The number of rotatable bonds is 2. The predicted octanol–water partition coefficient (Wildman–Crippen LogP) is 2.10. The van der Waals surface area contributed by atoms with Crippen molar-refractivity contribution >= 4 is 22.7 Å². The van der Waals surface area contributed by atoms with Gasteiger partial charge in [0, 0.05) is 5.56 Å². The minimum atomic E-state index is -0.229. The lowest BCUT2D eigenvalue weighted by Crippen LogP contribution is -2.21. The molecule has 8 N–H and O–H groups in total. The van der Waals surface area contributed by atoms with E-state index in [4.69, 9.17) is 27.7 Å². The van der Waals surface area contributed by atoms with Crippen LogP contribution in [-0.2, 0) is 5.41 Å². The second kappa shape index (κ2) is 4.48. The molecule has 0 bridgehead atoms. The maximum atomic E-state index is 6.07. The van der Waals surface area contributed by atoms with Gasteiger partial charge in [-0.25, -0.2) is 0 Å². The fourth-order valence-corrected chi connectivity index (χ4v) is 1.97. The number of hydrogen-bond donors (Lipinski definition) is 4. The highest BCUT2D eigenvalue weighted by Crippen LogP contribution is 2.46. The predicted molar refractivity (Wildman–Crippen MR) is 78.6 cm³/mol. The van der Waals surface area contributed by atoms with Gasteiger partial charge in [0.2, 0.25) is 0 Å². The molecule has 0 spiro atoms. The Balaban J connectivity index is 3.56. The summed E-state index contributed by atoms with van der Waals surface area (Å²) in [5.74, 6) is 0.382. The van der Waals surface area contributed by atoms with Gasteiger partial charge in [-0.2, -0.15) is 0 Å². The lowest BCUT2D eigenvalue weighted by atomic mass is 9.83. The van der Waals surface area contributed by atoms with Crippen LogP contribution in [0.3, 0.4) is 0 Å². The van der Waals surface area contributed by atoms with Gasteiger partial charge < -0.3 is 27.7 Å². The van der Waals surface area contributed by atoms with E-state index in [-0.39, 0.29) is 11.5 Å². The second-order valence-electron chi connectivity index (χ2n) is 5.78. The van der Waals surface area contributed by atoms with Gasteiger partial charge in [0.1, 0.15) is 11.4 Å². The van der Waals surface area contributed by atoms with Gasteiger partial charge in [0.05, 0.1) is 17.5 Å². The summed E-state index contributed by atoms with van der Waals surface area (Å²) in [6.45, 7) is 9.82. The van der Waals surface area contributed by atoms with Crippen molar-refractivity contribution in [2.45, 2.75) is 46.1 Å². The Hall–Kier alpha value is -1.78. The van der Waals surface area contributed by atoms with Crippen molar-refractivity contribution in [3.05, 3.63) is 5.56 Å². The Morgan fingerprint density at radius 3 is 1.50 bits per heavy atom. The van der Waals surface area contributed by atoms with Crippen molar-refractivity contribution in [2.24, 2.45) is 0 Å². The van der Waals surface area contributed by atoms with E-state index in [1.807, 2.05) is 34.6 Å². The van der Waals surface area contributed by atoms with Crippen LogP contribution in [0.4, 0.5) is 22.7 Å². The molecule has 0 amide bonds. The van der Waals surface area contributed by atoms with Gasteiger partial charge in [0.25, 0.3) is 0 Å². The van der Waals surface area contributed by atoms with Gasteiger partial charge in [0.15, 0.2) is 5.75 Å². The third kappa shape index (κ3) is 2.39. The molecule has 1 aromatic rings. The van der Waals surface area contributed by atoms with E-state index < -0.39 is 0 Å². The van der Waals surface area contributed by atoms with Gasteiger partial charge in [-0.05, 0) is 19.3 Å². The van der Waals surface area contributed by atoms with Crippen molar-refractivity contribution in [3.63, 3.8) is 0 Å². The van der Waals surface area contributed by atoms with Crippen LogP contribution < -0.4 is 27.7 Å². The lowest BCUT2D eigenvalue weighted by Gasteiger charge is -2.27. The molecule has 1 rings (SSSR count). The summed E-state index contributed by atoms with van der Waals surface area (Å²) in [7, 11) is 0. The van der Waals surface area contributed by atoms with E-state index in [2.05, 4.69) is 0 Å². The minimum absolute atomic E-state index is 0.0473. The molecule has 1 aromatic carbocycles. The van der Waals surface area contributed by atoms with Gasteiger partial charge >= 0.3 is 0 Å². The monoisotopic (exact) mass is 252 g/mol. The number of benzene rings is 1. The molecule has 0 heterocycles. The molecule has 0 saturated carbocycles. The third-order valence-electron chi connectivity index (χ3n) is 2.71. The van der Waals surface area contributed by atoms with Crippen LogP contribution in [0, 0.1) is 0 Å². The zero-order chi connectivity index (χ0) is 14.2. The van der Waals surface area contributed by atoms with Crippen molar-refractivity contribution in [2.75, 3.05) is 22.9 Å². The number of anilines is 4. The second-order valence-corrected chi connectivity index (χ2v) is 5.78. The van der Waals surface area contributed by atoms with E-state index >= 15 is 0 Å². The largest absolute Gasteiger partial charge is 0.487 e. The third-order valence-corrected chi connectivity index (χ3v) is 2.71. The average molecular weight is 252 g/mol. The van der Waals surface area contributed by atoms with Crippen LogP contribution in [0.25, 0.3) is 0 Å². The molecular weight excluding hydrogens is 228 g/mol. The van der Waals surface area contributed by atoms with Crippen LogP contribution in [0.5, 0.6) is 5.75 Å². The Kier molecular flexibility index (Phi) is 3.55. The molecule has 0 aliphatic heterocycles. The first-order valence-electron chi connectivity index (χ1n) is 6.00. The molecule has 0 aliphatic rings. The van der Waals surface area contributed by atoms with Gasteiger partial charge in [-0.1, -0.05) is 20.8 Å². The van der Waals surface area contributed by atoms with Crippen molar-refractivity contribution in [3.8, 4) is 5.75 Å². The highest BCUT2D eigenvalue weighted by Gasteiger charge is 2.27. The van der Waals surface area contributed by atoms with Crippen molar-refractivity contribution < 1.29 is 4.74 Å². The summed E-state index contributed by atoms with van der Waals surface area (Å²) < 4.78 is 5.60. The Labute approximate surface area is 108 Å². The molecule has 0 unspecified atom stereocenters. The van der Waals surface area contributed by atoms with E-state index in [0.717, 1.165) is 5.56 Å². The average Bonchev–Trinajstić information content (AvgIpc) is 2.19. The van der Waals surface area contributed by atoms with E-state index in [0.29, 0.717) is 28.5 Å². The Bertz CT molecular complexity index is 432. The topological polar surface area (TPSA) is 113 Å². The molecule has 0 aliphatic carbocycles. The first-order valence-corrected chi connectivity index (χ1v) is 6.00. The molecule has 102 valence electrons. The summed E-state index contributed by atoms with van der Waals surface area (Å²) in [6.07, 6.45) is -0.0473. The molecule has 18 heavy (non-hydrogen) atoms. The van der Waals surface area contributed by atoms with Gasteiger partial charge in [-0.15, -0.1) is 0 Å². The molecule has 0 radical (unpaired) electrons. The fraction of sp³-hybridized carbons (Fsp3) is 0.538. The van der Waals surface area contributed by atoms with Gasteiger partial charge in [-0.3, -0.25) is 0 Å². The molecule has 5 nitrogen and oxygen atoms in total. The number of nitrogen functional groups attached to an aromatic ring is 4. The zero-order valence-electron chi connectivity index (χ0n) is 11.8. The normalized spacial score (nSPS) is 11.9. The van der Waals surface area contributed by atoms with Crippen LogP contribution in [0.1, 0.15) is 40.2 Å². The number of hydrogen-bond acceptors (Lipinski definition) is 5. The molecule has 0 saturated heterocycles. The van der Waals surface area contributed by atoms with Crippen molar-refractivity contribution in [1.82, 2.24) is 0 Å². The standard InChI is InChI=1S/C13H24N4O/c1-6(2)18-12-10(16)8(14)7(13(3,4)5)9(15)11(12)17/h6H,14-17H2,1-5H3. The zero-order valence-corrected chi connectivity index (χ0v) is 11.8. The quantitative estimate of drug-likeness (QED) is 0.602. The lowest BCUT2D eigenvalue weighted by molar-refractivity contribution is 0.245. The number of nitrogens with two attached hydrogens (primary N) is 4. The first-order chi connectivity index (χ1) is 8.07. The maximum absolute atomic E-state index is 6.07. The highest BCUT2D eigenvalue weighted by molar-refractivity contribution is 5.92. The summed E-state index contributed by atoms with van der Waals surface area (Å²) >= 11 is 0. The molecular formula is C13H24N4O. The summed E-state index contributed by atoms with van der Waals surface area (Å²) in [4.78, 5) is 0. The smallest absolute Gasteiger partial charge is 0.169 e. The Morgan fingerprint density at radius 1 is 0.833 bits per heavy atom. The molecule has 0 aromatic heterocycles. The van der Waals surface area contributed by atoms with Crippen LogP contribution in [-0.4, -0.2) is 6.10 Å². The van der Waals surface area contributed by atoms with Crippen molar-refractivity contribution in [1.29, 1.82) is 0 Å². The van der Waals surface area contributed by atoms with E-state index in [1.54, 1.807) is 0 Å². The fourth-order valence-electron chi connectivity index (χ4n) is 1.97. The summed E-state index contributed by atoms with van der Waals surface area (Å²) in [5, 5.41) is 0. The Morgan fingerprint density at radius 2 is 1.22 bits per heavy atom.